The van der Waals surface area contributed by atoms with E-state index < -0.39 is 15.7 Å². The Bertz CT molecular complexity index is 1020. The number of benzene rings is 2. The Balaban J connectivity index is 1.70. The zero-order valence-corrected chi connectivity index (χ0v) is 17.5. The third kappa shape index (κ3) is 5.06. The smallest absolute Gasteiger partial charge is 0.225 e. The van der Waals surface area contributed by atoms with Crippen molar-refractivity contribution in [3.63, 3.8) is 0 Å². The van der Waals surface area contributed by atoms with Crippen LogP contribution in [0.1, 0.15) is 19.8 Å². The zero-order valence-electron chi connectivity index (χ0n) is 15.1. The number of sulfone groups is 1. The Hall–Kier alpha value is -2.03. The number of carbonyl (C=O) groups is 2. The number of nitrogens with one attached hydrogen (secondary N) is 2. The fraction of sp³-hybridized carbons (Fsp3) is 0.263. The minimum Gasteiger partial charge on any atom is -0.325 e. The predicted octanol–water partition coefficient (Wildman–Crippen LogP) is 3.97. The Kier molecular flexibility index (Phi) is 6.32. The molecule has 2 aromatic carbocycles. The lowest BCUT2D eigenvalue weighted by Gasteiger charge is -2.11. The number of hydrogen-bond acceptors (Lipinski definition) is 5. The maximum atomic E-state index is 12.6. The van der Waals surface area contributed by atoms with Crippen molar-refractivity contribution in [3.05, 3.63) is 47.5 Å². The minimum atomic E-state index is -3.69. The summed E-state index contributed by atoms with van der Waals surface area (Å²) in [5.74, 6) is -0.934. The number of anilines is 2. The summed E-state index contributed by atoms with van der Waals surface area (Å²) < 4.78 is 25.3. The Morgan fingerprint density at radius 2 is 2.04 bits per heavy atom. The Morgan fingerprint density at radius 3 is 2.79 bits per heavy atom. The van der Waals surface area contributed by atoms with Crippen molar-refractivity contribution >= 4 is 56.4 Å². The maximum absolute atomic E-state index is 12.6. The summed E-state index contributed by atoms with van der Waals surface area (Å²) in [6.45, 7) is 1.95. The van der Waals surface area contributed by atoms with E-state index in [2.05, 4.69) is 10.6 Å². The summed E-state index contributed by atoms with van der Waals surface area (Å²) in [7, 11) is -3.69. The monoisotopic (exact) mass is 438 g/mol. The molecule has 0 aromatic heterocycles. The van der Waals surface area contributed by atoms with Gasteiger partial charge in [0.15, 0.2) is 9.84 Å². The van der Waals surface area contributed by atoms with Crippen molar-refractivity contribution in [2.75, 3.05) is 16.4 Å². The van der Waals surface area contributed by atoms with Crippen molar-refractivity contribution in [2.24, 2.45) is 0 Å². The van der Waals surface area contributed by atoms with Crippen LogP contribution in [0, 0.1) is 0 Å². The standard InChI is InChI=1S/C19H19ClN2O4S2/c1-12-10-19(24)22-16-11-13(6-7-17(16)27-12)28(25,26)9-8-18(23)21-15-5-3-2-4-14(15)20/h2-7,11-12H,8-10H2,1H3,(H,21,23)(H,22,24). The molecule has 6 nitrogen and oxygen atoms in total. The molecule has 1 atom stereocenters. The van der Waals surface area contributed by atoms with Crippen LogP contribution < -0.4 is 10.6 Å². The van der Waals surface area contributed by atoms with E-state index in [0.717, 1.165) is 4.90 Å². The number of carbonyl (C=O) groups excluding carboxylic acids is 2. The van der Waals surface area contributed by atoms with Crippen molar-refractivity contribution in [3.8, 4) is 0 Å². The van der Waals surface area contributed by atoms with E-state index >= 15 is 0 Å². The molecule has 0 bridgehead atoms. The largest absolute Gasteiger partial charge is 0.325 e. The van der Waals surface area contributed by atoms with E-state index in [1.165, 1.54) is 23.9 Å². The molecule has 28 heavy (non-hydrogen) atoms. The van der Waals surface area contributed by atoms with E-state index in [0.29, 0.717) is 22.8 Å². The molecule has 0 saturated carbocycles. The first-order valence-corrected chi connectivity index (χ1v) is 11.5. The van der Waals surface area contributed by atoms with Gasteiger partial charge < -0.3 is 10.6 Å². The quantitative estimate of drug-likeness (QED) is 0.736. The highest BCUT2D eigenvalue weighted by molar-refractivity contribution is 8.00. The molecule has 1 unspecified atom stereocenters. The number of amides is 2. The van der Waals surface area contributed by atoms with Crippen molar-refractivity contribution in [1.29, 1.82) is 0 Å². The maximum Gasteiger partial charge on any atom is 0.225 e. The topological polar surface area (TPSA) is 92.3 Å². The third-order valence-corrected chi connectivity index (χ3v) is 7.35. The molecule has 0 radical (unpaired) electrons. The predicted molar refractivity (Wildman–Crippen MR) is 112 cm³/mol. The SMILES string of the molecule is CC1CC(=O)Nc2cc(S(=O)(=O)CCC(=O)Nc3ccccc3Cl)ccc2S1. The second-order valence-corrected chi connectivity index (χ2v) is 10.4. The summed E-state index contributed by atoms with van der Waals surface area (Å²) in [5, 5.41) is 5.85. The fourth-order valence-electron chi connectivity index (χ4n) is 2.74. The number of hydrogen-bond donors (Lipinski definition) is 2. The molecule has 0 aliphatic carbocycles. The van der Waals surface area contributed by atoms with Crippen LogP contribution in [0.3, 0.4) is 0 Å². The van der Waals surface area contributed by atoms with E-state index in [9.17, 15) is 18.0 Å². The lowest BCUT2D eigenvalue weighted by molar-refractivity contribution is -0.116. The molecule has 1 aliphatic rings. The molecule has 2 N–H and O–H groups in total. The van der Waals surface area contributed by atoms with Crippen LogP contribution >= 0.6 is 23.4 Å². The lowest BCUT2D eigenvalue weighted by Crippen LogP contribution is -2.18. The molecular formula is C19H19ClN2O4S2. The van der Waals surface area contributed by atoms with Gasteiger partial charge in [0, 0.05) is 23.0 Å². The molecule has 1 heterocycles. The van der Waals surface area contributed by atoms with Crippen molar-refractivity contribution in [1.82, 2.24) is 0 Å². The highest BCUT2D eigenvalue weighted by Gasteiger charge is 2.23. The van der Waals surface area contributed by atoms with Crippen molar-refractivity contribution in [2.45, 2.75) is 34.8 Å². The first-order valence-electron chi connectivity index (χ1n) is 8.62. The van der Waals surface area contributed by atoms with Gasteiger partial charge in [0.05, 0.1) is 27.0 Å². The average Bonchev–Trinajstić information content (AvgIpc) is 2.77. The van der Waals surface area contributed by atoms with Gasteiger partial charge in [-0.1, -0.05) is 30.7 Å². The van der Waals surface area contributed by atoms with Crippen LogP contribution in [-0.2, 0) is 19.4 Å². The second kappa shape index (κ2) is 8.55. The number of thioether (sulfide) groups is 1. The van der Waals surface area contributed by atoms with Crippen LogP contribution in [0.25, 0.3) is 0 Å². The second-order valence-electron chi connectivity index (χ2n) is 6.44. The molecule has 2 amide bonds. The van der Waals surface area contributed by atoms with E-state index in [1.807, 2.05) is 6.92 Å². The van der Waals surface area contributed by atoms with Gasteiger partial charge >= 0.3 is 0 Å². The summed E-state index contributed by atoms with van der Waals surface area (Å²) in [5.41, 5.74) is 0.923. The van der Waals surface area contributed by atoms with Crippen LogP contribution in [0.15, 0.2) is 52.3 Å². The molecule has 9 heteroatoms. The van der Waals surface area contributed by atoms with E-state index in [-0.39, 0.29) is 28.2 Å². The van der Waals surface area contributed by atoms with Crippen LogP contribution in [0.2, 0.25) is 5.02 Å². The summed E-state index contributed by atoms with van der Waals surface area (Å²) in [6.07, 6.45) is 0.159. The van der Waals surface area contributed by atoms with Gasteiger partial charge in [-0.15, -0.1) is 11.8 Å². The molecule has 0 fully saturated rings. The molecule has 0 saturated heterocycles. The average molecular weight is 439 g/mol. The van der Waals surface area contributed by atoms with Crippen LogP contribution in [0.4, 0.5) is 11.4 Å². The van der Waals surface area contributed by atoms with Gasteiger partial charge in [-0.05, 0) is 30.3 Å². The summed E-state index contributed by atoms with van der Waals surface area (Å²) in [4.78, 5) is 24.9. The molecule has 2 aromatic rings. The number of rotatable bonds is 5. The Morgan fingerprint density at radius 1 is 1.29 bits per heavy atom. The van der Waals surface area contributed by atoms with Gasteiger partial charge in [0.25, 0.3) is 0 Å². The molecule has 1 aliphatic heterocycles. The van der Waals surface area contributed by atoms with E-state index in [4.69, 9.17) is 11.6 Å². The highest BCUT2D eigenvalue weighted by Crippen LogP contribution is 2.36. The first kappa shape index (κ1) is 20.7. The number of para-hydroxylation sites is 1. The third-order valence-electron chi connectivity index (χ3n) is 4.13. The Labute approximate surface area is 173 Å². The van der Waals surface area contributed by atoms with Crippen LogP contribution in [0.5, 0.6) is 0 Å². The highest BCUT2D eigenvalue weighted by atomic mass is 35.5. The zero-order chi connectivity index (χ0) is 20.3. The first-order chi connectivity index (χ1) is 13.2. The minimum absolute atomic E-state index is 0.0762. The summed E-state index contributed by atoms with van der Waals surface area (Å²) in [6, 6.07) is 11.4. The molecule has 0 spiro atoms. The van der Waals surface area contributed by atoms with Gasteiger partial charge in [0.2, 0.25) is 11.8 Å². The molecule has 148 valence electrons. The lowest BCUT2D eigenvalue weighted by atomic mass is 10.3. The molecular weight excluding hydrogens is 420 g/mol. The van der Waals surface area contributed by atoms with Gasteiger partial charge in [-0.3, -0.25) is 9.59 Å². The van der Waals surface area contributed by atoms with Gasteiger partial charge in [0.1, 0.15) is 0 Å². The van der Waals surface area contributed by atoms with Gasteiger partial charge in [-0.25, -0.2) is 8.42 Å². The molecule has 3 rings (SSSR count). The summed E-state index contributed by atoms with van der Waals surface area (Å²) >= 11 is 7.51. The number of fused-ring (bicyclic) bond motifs is 1. The van der Waals surface area contributed by atoms with E-state index in [1.54, 1.807) is 30.3 Å². The fourth-order valence-corrected chi connectivity index (χ4v) is 5.24. The van der Waals surface area contributed by atoms with Crippen molar-refractivity contribution < 1.29 is 18.0 Å². The van der Waals surface area contributed by atoms with Crippen LogP contribution in [-0.4, -0.2) is 31.2 Å². The van der Waals surface area contributed by atoms with Gasteiger partial charge in [-0.2, -0.15) is 0 Å². The normalized spacial score (nSPS) is 16.6. The number of halogens is 1.